The van der Waals surface area contributed by atoms with Crippen molar-refractivity contribution in [2.75, 3.05) is 6.54 Å². The Bertz CT molecular complexity index is 660. The van der Waals surface area contributed by atoms with E-state index in [4.69, 9.17) is 5.73 Å². The molecule has 0 amide bonds. The van der Waals surface area contributed by atoms with Gasteiger partial charge in [0.05, 0.1) is 5.54 Å². The summed E-state index contributed by atoms with van der Waals surface area (Å²) in [6.07, 6.45) is 2.36. The van der Waals surface area contributed by atoms with Crippen molar-refractivity contribution in [3.8, 4) is 0 Å². The zero-order chi connectivity index (χ0) is 14.8. The largest absolute Gasteiger partial charge is 0.330 e. The molecule has 2 aromatic heterocycles. The SMILES string of the molecule is CC(C)(NS(=O)(=O)c1ccc(CCN)s1)c1nccs1. The highest BCUT2D eigenvalue weighted by molar-refractivity contribution is 7.91. The molecule has 0 aromatic carbocycles. The molecule has 0 bridgehead atoms. The van der Waals surface area contributed by atoms with Gasteiger partial charge in [0.2, 0.25) is 0 Å². The van der Waals surface area contributed by atoms with Crippen LogP contribution in [0.2, 0.25) is 0 Å². The Morgan fingerprint density at radius 3 is 2.75 bits per heavy atom. The van der Waals surface area contributed by atoms with Crippen LogP contribution in [0.5, 0.6) is 0 Å². The number of hydrogen-bond donors (Lipinski definition) is 2. The van der Waals surface area contributed by atoms with Gasteiger partial charge in [-0.2, -0.15) is 4.72 Å². The molecule has 110 valence electrons. The van der Waals surface area contributed by atoms with Gasteiger partial charge in [0, 0.05) is 16.5 Å². The summed E-state index contributed by atoms with van der Waals surface area (Å²) < 4.78 is 27.8. The maximum atomic E-state index is 12.4. The summed E-state index contributed by atoms with van der Waals surface area (Å²) in [5, 5.41) is 2.57. The van der Waals surface area contributed by atoms with Crippen molar-refractivity contribution in [2.45, 2.75) is 30.0 Å². The lowest BCUT2D eigenvalue weighted by molar-refractivity contribution is 0.471. The van der Waals surface area contributed by atoms with Gasteiger partial charge in [-0.3, -0.25) is 0 Å². The summed E-state index contributed by atoms with van der Waals surface area (Å²) >= 11 is 2.68. The molecular weight excluding hydrogens is 314 g/mol. The van der Waals surface area contributed by atoms with E-state index in [0.29, 0.717) is 17.2 Å². The molecule has 0 saturated carbocycles. The summed E-state index contributed by atoms with van der Waals surface area (Å²) in [6, 6.07) is 3.43. The number of hydrogen-bond acceptors (Lipinski definition) is 6. The van der Waals surface area contributed by atoms with E-state index in [1.165, 1.54) is 22.7 Å². The van der Waals surface area contributed by atoms with Gasteiger partial charge in [-0.05, 0) is 38.9 Å². The molecule has 0 atom stereocenters. The Labute approximate surface area is 126 Å². The molecule has 0 saturated heterocycles. The Morgan fingerprint density at radius 2 is 2.15 bits per heavy atom. The minimum atomic E-state index is -3.55. The van der Waals surface area contributed by atoms with Crippen LogP contribution < -0.4 is 10.5 Å². The molecule has 0 aliphatic heterocycles. The Balaban J connectivity index is 2.22. The molecular formula is C12H17N3O2S3. The molecule has 5 nitrogen and oxygen atoms in total. The molecule has 0 spiro atoms. The highest BCUT2D eigenvalue weighted by Crippen LogP contribution is 2.27. The number of nitrogens with one attached hydrogen (secondary N) is 1. The molecule has 0 unspecified atom stereocenters. The maximum Gasteiger partial charge on any atom is 0.250 e. The fourth-order valence-corrected chi connectivity index (χ4v) is 5.28. The Hall–Kier alpha value is -0.800. The lowest BCUT2D eigenvalue weighted by Gasteiger charge is -2.22. The zero-order valence-corrected chi connectivity index (χ0v) is 13.7. The summed E-state index contributed by atoms with van der Waals surface area (Å²) in [5.74, 6) is 0. The summed E-state index contributed by atoms with van der Waals surface area (Å²) in [7, 11) is -3.55. The molecule has 20 heavy (non-hydrogen) atoms. The van der Waals surface area contributed by atoms with Gasteiger partial charge in [-0.1, -0.05) is 0 Å². The normalized spacial score (nSPS) is 12.8. The average Bonchev–Trinajstić information content (AvgIpc) is 2.99. The van der Waals surface area contributed by atoms with E-state index in [1.54, 1.807) is 26.1 Å². The second kappa shape index (κ2) is 5.90. The molecule has 0 aliphatic rings. The minimum absolute atomic E-state index is 0.311. The number of thiazole rings is 1. The van der Waals surface area contributed by atoms with E-state index in [9.17, 15) is 8.42 Å². The van der Waals surface area contributed by atoms with Crippen LogP contribution in [0, 0.1) is 0 Å². The van der Waals surface area contributed by atoms with Gasteiger partial charge in [0.15, 0.2) is 0 Å². The van der Waals surface area contributed by atoms with Crippen LogP contribution in [-0.4, -0.2) is 19.9 Å². The number of nitrogens with two attached hydrogens (primary N) is 1. The molecule has 2 rings (SSSR count). The standard InChI is InChI=1S/C12H17N3O2S3/c1-12(2,11-14-7-8-18-11)15-20(16,17)10-4-3-9(19-10)5-6-13/h3-4,7-8,15H,5-6,13H2,1-2H3. The molecule has 2 aromatic rings. The molecule has 0 fully saturated rings. The van der Waals surface area contributed by atoms with Crippen LogP contribution in [0.4, 0.5) is 0 Å². The lowest BCUT2D eigenvalue weighted by atomic mass is 10.1. The number of rotatable bonds is 6. The van der Waals surface area contributed by atoms with Crippen LogP contribution in [-0.2, 0) is 22.0 Å². The first-order valence-electron chi connectivity index (χ1n) is 6.08. The Kier molecular flexibility index (Phi) is 4.60. The molecule has 0 radical (unpaired) electrons. The quantitative estimate of drug-likeness (QED) is 0.847. The van der Waals surface area contributed by atoms with Crippen LogP contribution >= 0.6 is 22.7 Å². The fourth-order valence-electron chi connectivity index (χ4n) is 1.74. The highest BCUT2D eigenvalue weighted by atomic mass is 32.2. The third-order valence-electron chi connectivity index (χ3n) is 2.65. The zero-order valence-electron chi connectivity index (χ0n) is 11.3. The van der Waals surface area contributed by atoms with Crippen LogP contribution in [0.1, 0.15) is 23.7 Å². The minimum Gasteiger partial charge on any atom is -0.330 e. The monoisotopic (exact) mass is 331 g/mol. The number of nitrogens with zero attached hydrogens (tertiary/aromatic N) is 1. The number of sulfonamides is 1. The molecule has 8 heteroatoms. The third kappa shape index (κ3) is 3.44. The van der Waals surface area contributed by atoms with E-state index in [1.807, 2.05) is 11.4 Å². The average molecular weight is 331 g/mol. The van der Waals surface area contributed by atoms with Crippen LogP contribution in [0.15, 0.2) is 27.9 Å². The molecule has 0 aliphatic carbocycles. The summed E-state index contributed by atoms with van der Waals surface area (Å²) in [6.45, 7) is 4.12. The van der Waals surface area contributed by atoms with Gasteiger partial charge >= 0.3 is 0 Å². The van der Waals surface area contributed by atoms with E-state index in [-0.39, 0.29) is 0 Å². The maximum absolute atomic E-state index is 12.4. The second-order valence-corrected chi connectivity index (χ2v) is 8.80. The summed E-state index contributed by atoms with van der Waals surface area (Å²) in [4.78, 5) is 5.15. The van der Waals surface area contributed by atoms with Crippen molar-refractivity contribution in [2.24, 2.45) is 5.73 Å². The van der Waals surface area contributed by atoms with Gasteiger partial charge in [0.25, 0.3) is 10.0 Å². The predicted octanol–water partition coefficient (Wildman–Crippen LogP) is 1.92. The van der Waals surface area contributed by atoms with Crippen LogP contribution in [0.3, 0.4) is 0 Å². The van der Waals surface area contributed by atoms with Gasteiger partial charge in [-0.15, -0.1) is 22.7 Å². The third-order valence-corrected chi connectivity index (χ3v) is 7.04. The van der Waals surface area contributed by atoms with Crippen molar-refractivity contribution in [1.29, 1.82) is 0 Å². The first kappa shape index (κ1) is 15.6. The first-order chi connectivity index (χ1) is 9.35. The first-order valence-corrected chi connectivity index (χ1v) is 9.26. The van der Waals surface area contributed by atoms with E-state index in [2.05, 4.69) is 9.71 Å². The van der Waals surface area contributed by atoms with Gasteiger partial charge < -0.3 is 5.73 Å². The van der Waals surface area contributed by atoms with E-state index in [0.717, 1.165) is 9.88 Å². The van der Waals surface area contributed by atoms with E-state index < -0.39 is 15.6 Å². The molecule has 3 N–H and O–H groups in total. The smallest absolute Gasteiger partial charge is 0.250 e. The topological polar surface area (TPSA) is 85.1 Å². The van der Waals surface area contributed by atoms with Gasteiger partial charge in [-0.25, -0.2) is 13.4 Å². The van der Waals surface area contributed by atoms with Gasteiger partial charge in [0.1, 0.15) is 9.22 Å². The van der Waals surface area contributed by atoms with Crippen molar-refractivity contribution in [3.63, 3.8) is 0 Å². The fraction of sp³-hybridized carbons (Fsp3) is 0.417. The van der Waals surface area contributed by atoms with Crippen molar-refractivity contribution in [3.05, 3.63) is 33.6 Å². The van der Waals surface area contributed by atoms with Crippen molar-refractivity contribution >= 4 is 32.7 Å². The van der Waals surface area contributed by atoms with Crippen LogP contribution in [0.25, 0.3) is 0 Å². The number of thiophene rings is 1. The second-order valence-electron chi connectivity index (χ2n) is 4.83. The Morgan fingerprint density at radius 1 is 1.40 bits per heavy atom. The highest BCUT2D eigenvalue weighted by Gasteiger charge is 2.30. The predicted molar refractivity (Wildman–Crippen MR) is 82.5 cm³/mol. The molecule has 2 heterocycles. The lowest BCUT2D eigenvalue weighted by Crippen LogP contribution is -2.40. The number of aromatic nitrogens is 1. The van der Waals surface area contributed by atoms with Crippen molar-refractivity contribution in [1.82, 2.24) is 9.71 Å². The van der Waals surface area contributed by atoms with E-state index >= 15 is 0 Å². The van der Waals surface area contributed by atoms with Crippen molar-refractivity contribution < 1.29 is 8.42 Å². The summed E-state index contributed by atoms with van der Waals surface area (Å²) in [5.41, 5.74) is 4.75.